The lowest BCUT2D eigenvalue weighted by Gasteiger charge is -2.29. The molecule has 21 heavy (non-hydrogen) atoms. The zero-order chi connectivity index (χ0) is 15.1. The van der Waals surface area contributed by atoms with Crippen molar-refractivity contribution in [2.75, 3.05) is 31.5 Å². The van der Waals surface area contributed by atoms with Crippen LogP contribution < -0.4 is 10.6 Å². The maximum absolute atomic E-state index is 12.1. The molecule has 2 N–H and O–H groups in total. The number of anilines is 1. The predicted molar refractivity (Wildman–Crippen MR) is 85.9 cm³/mol. The molecule has 1 atom stereocenters. The van der Waals surface area contributed by atoms with Crippen molar-refractivity contribution in [1.29, 1.82) is 0 Å². The van der Waals surface area contributed by atoms with E-state index >= 15 is 0 Å². The minimum Gasteiger partial charge on any atom is -0.360 e. The molecule has 2 rings (SSSR count). The third kappa shape index (κ3) is 5.24. The van der Waals surface area contributed by atoms with Gasteiger partial charge in [-0.05, 0) is 39.3 Å². The highest BCUT2D eigenvalue weighted by molar-refractivity contribution is 7.17. The molecule has 1 aliphatic rings. The van der Waals surface area contributed by atoms with E-state index in [1.807, 2.05) is 6.92 Å². The standard InChI is InChI=1S/C14H25N5OS/c1-3-7-15-14-18-17-13(21-14)12(20)16-11(2)10-19-8-5-4-6-9-19/h11H,3-10H2,1-2H3,(H,15,18)(H,16,20). The van der Waals surface area contributed by atoms with Gasteiger partial charge in [-0.15, -0.1) is 10.2 Å². The highest BCUT2D eigenvalue weighted by Crippen LogP contribution is 2.15. The molecule has 118 valence electrons. The van der Waals surface area contributed by atoms with E-state index in [1.165, 1.54) is 30.6 Å². The Balaban J connectivity index is 1.78. The molecule has 7 heteroatoms. The Bertz CT molecular complexity index is 444. The maximum atomic E-state index is 12.1. The fourth-order valence-electron chi connectivity index (χ4n) is 2.48. The third-order valence-corrected chi connectivity index (χ3v) is 4.38. The molecule has 0 radical (unpaired) electrons. The summed E-state index contributed by atoms with van der Waals surface area (Å²) in [5.74, 6) is -0.124. The van der Waals surface area contributed by atoms with Crippen molar-refractivity contribution < 1.29 is 4.79 Å². The number of carbonyl (C=O) groups is 1. The van der Waals surface area contributed by atoms with Crippen molar-refractivity contribution in [1.82, 2.24) is 20.4 Å². The van der Waals surface area contributed by atoms with E-state index in [0.717, 1.165) is 32.6 Å². The van der Waals surface area contributed by atoms with Crippen LogP contribution in [0.4, 0.5) is 5.13 Å². The second-order valence-corrected chi connectivity index (χ2v) is 6.55. The Morgan fingerprint density at radius 3 is 2.81 bits per heavy atom. The first-order valence-corrected chi connectivity index (χ1v) is 8.61. The quantitative estimate of drug-likeness (QED) is 0.805. The van der Waals surface area contributed by atoms with Gasteiger partial charge in [-0.2, -0.15) is 0 Å². The van der Waals surface area contributed by atoms with Gasteiger partial charge in [-0.25, -0.2) is 0 Å². The molecule has 1 unspecified atom stereocenters. The van der Waals surface area contributed by atoms with Crippen LogP contribution in [0.25, 0.3) is 0 Å². The summed E-state index contributed by atoms with van der Waals surface area (Å²) in [6.07, 6.45) is 4.89. The fourth-order valence-corrected chi connectivity index (χ4v) is 3.15. The van der Waals surface area contributed by atoms with Gasteiger partial charge in [0.2, 0.25) is 10.1 Å². The second-order valence-electron chi connectivity index (χ2n) is 5.57. The zero-order valence-corrected chi connectivity index (χ0v) is 13.7. The summed E-state index contributed by atoms with van der Waals surface area (Å²) >= 11 is 1.31. The summed E-state index contributed by atoms with van der Waals surface area (Å²) in [6.45, 7) is 8.18. The lowest BCUT2D eigenvalue weighted by Crippen LogP contribution is -2.43. The third-order valence-electron chi connectivity index (χ3n) is 3.50. The van der Waals surface area contributed by atoms with Crippen LogP contribution in [-0.4, -0.2) is 53.2 Å². The average Bonchev–Trinajstić information content (AvgIpc) is 2.95. The average molecular weight is 311 g/mol. The van der Waals surface area contributed by atoms with E-state index in [1.54, 1.807) is 0 Å². The van der Waals surface area contributed by atoms with Crippen LogP contribution in [0.5, 0.6) is 0 Å². The van der Waals surface area contributed by atoms with Crippen molar-refractivity contribution in [3.8, 4) is 0 Å². The lowest BCUT2D eigenvalue weighted by atomic mass is 10.1. The Morgan fingerprint density at radius 1 is 1.33 bits per heavy atom. The van der Waals surface area contributed by atoms with Crippen LogP contribution in [0, 0.1) is 0 Å². The Kier molecular flexibility index (Phi) is 6.38. The molecule has 0 aliphatic carbocycles. The van der Waals surface area contributed by atoms with E-state index in [-0.39, 0.29) is 11.9 Å². The monoisotopic (exact) mass is 311 g/mol. The van der Waals surface area contributed by atoms with Crippen LogP contribution >= 0.6 is 11.3 Å². The van der Waals surface area contributed by atoms with Gasteiger partial charge in [-0.1, -0.05) is 24.7 Å². The van der Waals surface area contributed by atoms with Crippen molar-refractivity contribution in [2.24, 2.45) is 0 Å². The maximum Gasteiger partial charge on any atom is 0.282 e. The van der Waals surface area contributed by atoms with Gasteiger partial charge >= 0.3 is 0 Å². The topological polar surface area (TPSA) is 70.1 Å². The van der Waals surface area contributed by atoms with Gasteiger partial charge in [0.25, 0.3) is 5.91 Å². The van der Waals surface area contributed by atoms with Gasteiger partial charge in [0, 0.05) is 19.1 Å². The minimum atomic E-state index is -0.124. The summed E-state index contributed by atoms with van der Waals surface area (Å²) in [4.78, 5) is 14.6. The number of piperidine rings is 1. The number of carbonyl (C=O) groups excluding carboxylic acids is 1. The first-order chi connectivity index (χ1) is 10.2. The van der Waals surface area contributed by atoms with E-state index < -0.39 is 0 Å². The summed E-state index contributed by atoms with van der Waals surface area (Å²) in [6, 6.07) is 0.131. The number of amides is 1. The van der Waals surface area contributed by atoms with Crippen molar-refractivity contribution in [2.45, 2.75) is 45.6 Å². The fraction of sp³-hybridized carbons (Fsp3) is 0.786. The molecular formula is C14H25N5OS. The normalized spacial score (nSPS) is 17.4. The number of likely N-dealkylation sites (tertiary alicyclic amines) is 1. The van der Waals surface area contributed by atoms with E-state index in [4.69, 9.17) is 0 Å². The molecule has 0 bridgehead atoms. The smallest absolute Gasteiger partial charge is 0.282 e. The lowest BCUT2D eigenvalue weighted by molar-refractivity contribution is 0.0924. The summed E-state index contributed by atoms with van der Waals surface area (Å²) in [5.41, 5.74) is 0. The van der Waals surface area contributed by atoms with Crippen molar-refractivity contribution in [3.63, 3.8) is 0 Å². The number of aromatic nitrogens is 2. The molecule has 1 aromatic heterocycles. The molecule has 1 aliphatic heterocycles. The van der Waals surface area contributed by atoms with Crippen LogP contribution in [0.15, 0.2) is 0 Å². The van der Waals surface area contributed by atoms with E-state index in [9.17, 15) is 4.79 Å². The molecule has 1 amide bonds. The van der Waals surface area contributed by atoms with Gasteiger partial charge in [0.05, 0.1) is 0 Å². The van der Waals surface area contributed by atoms with Crippen LogP contribution in [0.2, 0.25) is 0 Å². The number of nitrogens with zero attached hydrogens (tertiary/aromatic N) is 3. The predicted octanol–water partition coefficient (Wildman–Crippen LogP) is 1.96. The van der Waals surface area contributed by atoms with E-state index in [0.29, 0.717) is 10.1 Å². The first kappa shape index (κ1) is 16.2. The van der Waals surface area contributed by atoms with Gasteiger partial charge < -0.3 is 15.5 Å². The number of hydrogen-bond acceptors (Lipinski definition) is 6. The highest BCUT2D eigenvalue weighted by Gasteiger charge is 2.18. The van der Waals surface area contributed by atoms with Gasteiger partial charge in [0.15, 0.2) is 0 Å². The summed E-state index contributed by atoms with van der Waals surface area (Å²) in [5, 5.41) is 15.2. The Labute approximate surface area is 130 Å². The number of rotatable bonds is 7. The summed E-state index contributed by atoms with van der Waals surface area (Å²) in [7, 11) is 0. The largest absolute Gasteiger partial charge is 0.360 e. The minimum absolute atomic E-state index is 0.124. The Morgan fingerprint density at radius 2 is 2.10 bits per heavy atom. The number of nitrogens with one attached hydrogen (secondary N) is 2. The van der Waals surface area contributed by atoms with Crippen molar-refractivity contribution >= 4 is 22.4 Å². The highest BCUT2D eigenvalue weighted by atomic mass is 32.1. The number of hydrogen-bond donors (Lipinski definition) is 2. The zero-order valence-electron chi connectivity index (χ0n) is 12.9. The summed E-state index contributed by atoms with van der Waals surface area (Å²) < 4.78 is 0. The Hall–Kier alpha value is -1.21. The molecule has 0 aromatic carbocycles. The first-order valence-electron chi connectivity index (χ1n) is 7.79. The van der Waals surface area contributed by atoms with Gasteiger partial charge in [-0.3, -0.25) is 4.79 Å². The molecule has 1 aromatic rings. The van der Waals surface area contributed by atoms with E-state index in [2.05, 4.69) is 32.7 Å². The van der Waals surface area contributed by atoms with Crippen LogP contribution in [0.1, 0.15) is 49.3 Å². The van der Waals surface area contributed by atoms with Crippen LogP contribution in [-0.2, 0) is 0 Å². The second kappa shape index (κ2) is 8.29. The molecule has 0 spiro atoms. The molecule has 1 fully saturated rings. The van der Waals surface area contributed by atoms with Gasteiger partial charge in [0.1, 0.15) is 0 Å². The molecule has 6 nitrogen and oxygen atoms in total. The van der Waals surface area contributed by atoms with Crippen molar-refractivity contribution in [3.05, 3.63) is 5.01 Å². The molecule has 0 saturated carbocycles. The van der Waals surface area contributed by atoms with Crippen LogP contribution in [0.3, 0.4) is 0 Å². The molecule has 1 saturated heterocycles. The SMILES string of the molecule is CCCNc1nnc(C(=O)NC(C)CN2CCCCC2)s1. The molecule has 2 heterocycles. The molecular weight excluding hydrogens is 286 g/mol.